The average Bonchev–Trinajstić information content (AvgIpc) is 3.28. The number of piperazine rings is 1. The van der Waals surface area contributed by atoms with Gasteiger partial charge in [-0.2, -0.15) is 0 Å². The number of thiophene rings is 1. The Balaban J connectivity index is 1.08. The smallest absolute Gasteiger partial charge is 0.252 e. The summed E-state index contributed by atoms with van der Waals surface area (Å²) in [6.45, 7) is 5.54. The molecule has 1 aliphatic heterocycles. The molecule has 1 N–H and O–H groups in total. The molecule has 4 aromatic carbocycles. The van der Waals surface area contributed by atoms with Crippen molar-refractivity contribution in [1.82, 2.24) is 10.2 Å². The predicted octanol–water partition coefficient (Wildman–Crippen LogP) is 5.76. The van der Waals surface area contributed by atoms with Gasteiger partial charge in [0, 0.05) is 76.1 Å². The minimum absolute atomic E-state index is 0.0172. The molecule has 1 fully saturated rings. The Labute approximate surface area is 203 Å². The van der Waals surface area contributed by atoms with Gasteiger partial charge in [-0.1, -0.05) is 60.7 Å². The van der Waals surface area contributed by atoms with Crippen LogP contribution in [0.1, 0.15) is 10.4 Å². The molecule has 0 radical (unpaired) electrons. The van der Waals surface area contributed by atoms with E-state index in [0.29, 0.717) is 6.54 Å². The van der Waals surface area contributed by atoms with Crippen molar-refractivity contribution in [2.24, 2.45) is 0 Å². The molecular weight excluding hydrogens is 438 g/mol. The zero-order valence-electron chi connectivity index (χ0n) is 19.0. The van der Waals surface area contributed by atoms with Gasteiger partial charge in [-0.25, -0.2) is 0 Å². The van der Waals surface area contributed by atoms with Crippen molar-refractivity contribution in [2.75, 3.05) is 44.2 Å². The van der Waals surface area contributed by atoms with E-state index in [1.165, 1.54) is 25.9 Å². The van der Waals surface area contributed by atoms with Crippen molar-refractivity contribution in [3.63, 3.8) is 0 Å². The number of hydrogen-bond donors (Lipinski definition) is 1. The maximum absolute atomic E-state index is 13.1. The zero-order chi connectivity index (χ0) is 22.9. The molecule has 0 aliphatic carbocycles. The number of anilines is 1. The number of amides is 1. The van der Waals surface area contributed by atoms with Gasteiger partial charge in [0.2, 0.25) is 0 Å². The number of carbonyl (C=O) groups excluding carboxylic acids is 1. The lowest BCUT2D eigenvalue weighted by molar-refractivity contribution is 0.0949. The molecule has 1 amide bonds. The third-order valence-electron chi connectivity index (χ3n) is 6.84. The SMILES string of the molecule is O=C(NCCN1CCN(c2cccc3ccccc23)CC1)c1cccc2sc3ccccc3c12. The maximum atomic E-state index is 13.1. The summed E-state index contributed by atoms with van der Waals surface area (Å²) in [6.07, 6.45) is 0. The Morgan fingerprint density at radius 1 is 0.765 bits per heavy atom. The number of fused-ring (bicyclic) bond motifs is 4. The van der Waals surface area contributed by atoms with Crippen molar-refractivity contribution in [3.05, 3.63) is 90.5 Å². The Morgan fingerprint density at radius 2 is 1.47 bits per heavy atom. The molecule has 5 aromatic rings. The summed E-state index contributed by atoms with van der Waals surface area (Å²) in [5.74, 6) is 0.0172. The van der Waals surface area contributed by atoms with E-state index in [1.807, 2.05) is 18.2 Å². The van der Waals surface area contributed by atoms with Gasteiger partial charge in [-0.05, 0) is 29.7 Å². The molecule has 0 bridgehead atoms. The van der Waals surface area contributed by atoms with Crippen LogP contribution in [0.5, 0.6) is 0 Å². The summed E-state index contributed by atoms with van der Waals surface area (Å²) in [7, 11) is 0. The Morgan fingerprint density at radius 3 is 2.35 bits per heavy atom. The molecular formula is C29H27N3OS. The van der Waals surface area contributed by atoms with Crippen LogP contribution < -0.4 is 10.2 Å². The molecule has 0 saturated carbocycles. The summed E-state index contributed by atoms with van der Waals surface area (Å²) in [4.78, 5) is 18.0. The van der Waals surface area contributed by atoms with Crippen LogP contribution in [-0.2, 0) is 0 Å². The van der Waals surface area contributed by atoms with Gasteiger partial charge in [-0.15, -0.1) is 11.3 Å². The molecule has 4 nitrogen and oxygen atoms in total. The summed E-state index contributed by atoms with van der Waals surface area (Å²) >= 11 is 1.75. The third kappa shape index (κ3) is 3.91. The van der Waals surface area contributed by atoms with Crippen LogP contribution in [0.3, 0.4) is 0 Å². The fraction of sp³-hybridized carbons (Fsp3) is 0.207. The minimum atomic E-state index is 0.0172. The molecule has 2 heterocycles. The van der Waals surface area contributed by atoms with Crippen LogP contribution in [0, 0.1) is 0 Å². The fourth-order valence-corrected chi connectivity index (χ4v) is 6.22. The number of carbonyl (C=O) groups is 1. The van der Waals surface area contributed by atoms with Crippen molar-refractivity contribution in [3.8, 4) is 0 Å². The molecule has 6 rings (SSSR count). The van der Waals surface area contributed by atoms with E-state index in [4.69, 9.17) is 0 Å². The van der Waals surface area contributed by atoms with Crippen LogP contribution >= 0.6 is 11.3 Å². The first kappa shape index (κ1) is 21.1. The zero-order valence-corrected chi connectivity index (χ0v) is 19.9. The third-order valence-corrected chi connectivity index (χ3v) is 7.98. The van der Waals surface area contributed by atoms with E-state index in [9.17, 15) is 4.79 Å². The highest BCUT2D eigenvalue weighted by atomic mass is 32.1. The van der Waals surface area contributed by atoms with Gasteiger partial charge in [0.1, 0.15) is 0 Å². The average molecular weight is 466 g/mol. The van der Waals surface area contributed by atoms with E-state index in [0.717, 1.165) is 49.1 Å². The fourth-order valence-electron chi connectivity index (χ4n) is 5.08. The van der Waals surface area contributed by atoms with E-state index >= 15 is 0 Å². The Hall–Kier alpha value is -3.41. The van der Waals surface area contributed by atoms with Crippen LogP contribution in [0.2, 0.25) is 0 Å². The van der Waals surface area contributed by atoms with Crippen molar-refractivity contribution < 1.29 is 4.79 Å². The second kappa shape index (κ2) is 9.09. The molecule has 34 heavy (non-hydrogen) atoms. The van der Waals surface area contributed by atoms with Crippen molar-refractivity contribution >= 4 is 53.9 Å². The molecule has 170 valence electrons. The molecule has 0 unspecified atom stereocenters. The van der Waals surface area contributed by atoms with Crippen LogP contribution in [-0.4, -0.2) is 50.1 Å². The monoisotopic (exact) mass is 465 g/mol. The molecule has 0 atom stereocenters. The number of hydrogen-bond acceptors (Lipinski definition) is 4. The molecule has 0 spiro atoms. The molecule has 1 aliphatic rings. The summed E-state index contributed by atoms with van der Waals surface area (Å²) < 4.78 is 2.39. The first-order chi connectivity index (χ1) is 16.8. The van der Waals surface area contributed by atoms with Crippen molar-refractivity contribution in [2.45, 2.75) is 0 Å². The lowest BCUT2D eigenvalue weighted by Crippen LogP contribution is -2.48. The van der Waals surface area contributed by atoms with E-state index in [1.54, 1.807) is 11.3 Å². The van der Waals surface area contributed by atoms with Crippen LogP contribution in [0.25, 0.3) is 30.9 Å². The van der Waals surface area contributed by atoms with Gasteiger partial charge in [0.25, 0.3) is 5.91 Å². The van der Waals surface area contributed by atoms with Gasteiger partial charge in [-0.3, -0.25) is 9.69 Å². The summed E-state index contributed by atoms with van der Waals surface area (Å²) in [5, 5.41) is 8.02. The second-order valence-corrected chi connectivity index (χ2v) is 9.94. The topological polar surface area (TPSA) is 35.6 Å². The number of nitrogens with one attached hydrogen (secondary N) is 1. The van der Waals surface area contributed by atoms with Crippen molar-refractivity contribution in [1.29, 1.82) is 0 Å². The lowest BCUT2D eigenvalue weighted by atomic mass is 10.1. The summed E-state index contributed by atoms with van der Waals surface area (Å²) in [6, 6.07) is 29.5. The quantitative estimate of drug-likeness (QED) is 0.358. The highest BCUT2D eigenvalue weighted by Crippen LogP contribution is 2.35. The molecule has 1 aromatic heterocycles. The second-order valence-electron chi connectivity index (χ2n) is 8.86. The molecule has 1 saturated heterocycles. The number of nitrogens with zero attached hydrogens (tertiary/aromatic N) is 2. The van der Waals surface area contributed by atoms with E-state index in [2.05, 4.69) is 81.8 Å². The normalized spacial score (nSPS) is 14.8. The predicted molar refractivity (Wildman–Crippen MR) is 144 cm³/mol. The Kier molecular flexibility index (Phi) is 5.65. The van der Waals surface area contributed by atoms with E-state index < -0.39 is 0 Å². The van der Waals surface area contributed by atoms with Crippen LogP contribution in [0.4, 0.5) is 5.69 Å². The minimum Gasteiger partial charge on any atom is -0.368 e. The summed E-state index contributed by atoms with van der Waals surface area (Å²) in [5.41, 5.74) is 2.10. The maximum Gasteiger partial charge on any atom is 0.252 e. The van der Waals surface area contributed by atoms with Gasteiger partial charge in [0.05, 0.1) is 0 Å². The number of benzene rings is 4. The highest BCUT2D eigenvalue weighted by molar-refractivity contribution is 7.25. The van der Waals surface area contributed by atoms with Gasteiger partial charge in [0.15, 0.2) is 0 Å². The number of rotatable bonds is 5. The standard InChI is InChI=1S/C29H27N3OS/c33-29(24-11-6-14-27-28(24)23-10-3-4-13-26(23)34-27)30-15-16-31-17-19-32(20-18-31)25-12-5-8-21-7-1-2-9-22(21)25/h1-14H,15-20H2,(H,30,33). The largest absolute Gasteiger partial charge is 0.368 e. The van der Waals surface area contributed by atoms with Crippen LogP contribution in [0.15, 0.2) is 84.9 Å². The lowest BCUT2D eigenvalue weighted by Gasteiger charge is -2.36. The first-order valence-corrected chi connectivity index (χ1v) is 12.7. The van der Waals surface area contributed by atoms with E-state index in [-0.39, 0.29) is 5.91 Å². The van der Waals surface area contributed by atoms with Gasteiger partial charge >= 0.3 is 0 Å². The first-order valence-electron chi connectivity index (χ1n) is 11.9. The Bertz CT molecular complexity index is 1480. The van der Waals surface area contributed by atoms with Gasteiger partial charge < -0.3 is 10.2 Å². The molecule has 5 heteroatoms. The highest BCUT2D eigenvalue weighted by Gasteiger charge is 2.19.